The van der Waals surface area contributed by atoms with Crippen molar-refractivity contribution in [1.82, 2.24) is 15.5 Å². The summed E-state index contributed by atoms with van der Waals surface area (Å²) in [5, 5.41) is 5.96. The van der Waals surface area contributed by atoms with E-state index in [0.29, 0.717) is 6.42 Å². The Bertz CT molecular complexity index is 958. The van der Waals surface area contributed by atoms with E-state index in [4.69, 9.17) is 0 Å². The van der Waals surface area contributed by atoms with Gasteiger partial charge in [-0.2, -0.15) is 0 Å². The molecule has 1 rings (SSSR count). The zero-order valence-corrected chi connectivity index (χ0v) is 20.9. The molecule has 0 unspecified atom stereocenters. The molecule has 1 aliphatic heterocycles. The molecule has 0 bridgehead atoms. The highest BCUT2D eigenvalue weighted by Crippen LogP contribution is 2.33. The number of allylic oxidation sites excluding steroid dienone is 11. The second-order valence-corrected chi connectivity index (χ2v) is 8.04. The summed E-state index contributed by atoms with van der Waals surface area (Å²) in [6.07, 6.45) is 10.5. The fourth-order valence-electron chi connectivity index (χ4n) is 3.31. The van der Waals surface area contributed by atoms with E-state index in [1.807, 2.05) is 40.3 Å². The Morgan fingerprint density at radius 3 is 2.19 bits per heavy atom. The van der Waals surface area contributed by atoms with Crippen molar-refractivity contribution >= 4 is 5.91 Å². The zero-order chi connectivity index (χ0) is 23.7. The molecule has 0 saturated carbocycles. The number of nitrogens with zero attached hydrogens (tertiary/aromatic N) is 1. The quantitative estimate of drug-likeness (QED) is 0.316. The Hall–Kier alpha value is -2.97. The standard InChI is InChI=1S/C27H39N3O/c1-18(12-11-14-28-8)22(5)23(6)24(7)26-17-25(30(10)27(26)31)16-20(3)21(4)19(2)13-15-29-9/h11-12,14-16,28-29H,17H2,1-10H3/b14-11?,18-12?,21-20-,23-22+,25-16?,26-24-. The fourth-order valence-corrected chi connectivity index (χ4v) is 3.31. The molecule has 1 saturated heterocycles. The summed E-state index contributed by atoms with van der Waals surface area (Å²) in [4.78, 5) is 14.8. The number of likely N-dealkylation sites (tertiary alicyclic amines) is 1. The van der Waals surface area contributed by atoms with Crippen LogP contribution in [0.25, 0.3) is 0 Å². The third-order valence-electron chi connectivity index (χ3n) is 6.10. The van der Waals surface area contributed by atoms with Crippen LogP contribution in [0.15, 0.2) is 86.6 Å². The monoisotopic (exact) mass is 421 g/mol. The fraction of sp³-hybridized carbons (Fsp3) is 0.407. The minimum absolute atomic E-state index is 0.0837. The lowest BCUT2D eigenvalue weighted by atomic mass is 9.94. The summed E-state index contributed by atoms with van der Waals surface area (Å²) >= 11 is 0. The predicted octanol–water partition coefficient (Wildman–Crippen LogP) is 5.68. The number of hydrogen-bond acceptors (Lipinski definition) is 3. The molecule has 2 N–H and O–H groups in total. The van der Waals surface area contributed by atoms with E-state index in [1.54, 1.807) is 11.1 Å². The Balaban J connectivity index is 3.36. The summed E-state index contributed by atoms with van der Waals surface area (Å²) in [6, 6.07) is 0. The van der Waals surface area contributed by atoms with Gasteiger partial charge in [-0.25, -0.2) is 0 Å². The Morgan fingerprint density at radius 2 is 1.61 bits per heavy atom. The van der Waals surface area contributed by atoms with Gasteiger partial charge in [0.15, 0.2) is 0 Å². The molecule has 0 aromatic carbocycles. The van der Waals surface area contributed by atoms with Gasteiger partial charge in [-0.15, -0.1) is 0 Å². The molecule has 4 heteroatoms. The zero-order valence-electron chi connectivity index (χ0n) is 20.9. The summed E-state index contributed by atoms with van der Waals surface area (Å²) in [6.45, 7) is 14.6. The predicted molar refractivity (Wildman–Crippen MR) is 133 cm³/mol. The van der Waals surface area contributed by atoms with Crippen LogP contribution in [-0.2, 0) is 4.79 Å². The van der Waals surface area contributed by atoms with Crippen molar-refractivity contribution in [3.05, 3.63) is 86.6 Å². The Morgan fingerprint density at radius 1 is 0.968 bits per heavy atom. The van der Waals surface area contributed by atoms with Crippen LogP contribution in [0.2, 0.25) is 0 Å². The van der Waals surface area contributed by atoms with Crippen LogP contribution in [0, 0.1) is 0 Å². The summed E-state index contributed by atoms with van der Waals surface area (Å²) in [7, 11) is 5.60. The number of hydrogen-bond donors (Lipinski definition) is 2. The van der Waals surface area contributed by atoms with E-state index in [-0.39, 0.29) is 5.91 Å². The third kappa shape index (κ3) is 6.77. The molecule has 4 nitrogen and oxygen atoms in total. The van der Waals surface area contributed by atoms with E-state index in [9.17, 15) is 4.79 Å². The van der Waals surface area contributed by atoms with Gasteiger partial charge in [-0.05, 0) is 106 Å². The molecular weight excluding hydrogens is 382 g/mol. The molecular formula is C27H39N3O. The van der Waals surface area contributed by atoms with Gasteiger partial charge in [-0.3, -0.25) is 4.79 Å². The number of nitrogens with one attached hydrogen (secondary N) is 2. The lowest BCUT2D eigenvalue weighted by Crippen LogP contribution is -2.18. The van der Waals surface area contributed by atoms with E-state index < -0.39 is 0 Å². The molecule has 0 spiro atoms. The van der Waals surface area contributed by atoms with E-state index >= 15 is 0 Å². The molecule has 0 aliphatic carbocycles. The highest BCUT2D eigenvalue weighted by atomic mass is 16.2. The number of likely N-dealkylation sites (N-methyl/N-ethyl adjacent to an activating group) is 1. The summed E-state index contributed by atoms with van der Waals surface area (Å²) in [5.74, 6) is 0.0837. The first-order chi connectivity index (χ1) is 14.6. The van der Waals surface area contributed by atoms with Gasteiger partial charge >= 0.3 is 0 Å². The topological polar surface area (TPSA) is 44.4 Å². The average molecular weight is 422 g/mol. The second-order valence-electron chi connectivity index (χ2n) is 8.04. The van der Waals surface area contributed by atoms with Gasteiger partial charge in [0.25, 0.3) is 5.91 Å². The van der Waals surface area contributed by atoms with Crippen molar-refractivity contribution in [2.75, 3.05) is 21.1 Å². The third-order valence-corrected chi connectivity index (χ3v) is 6.10. The van der Waals surface area contributed by atoms with Crippen LogP contribution in [0.1, 0.15) is 54.9 Å². The van der Waals surface area contributed by atoms with Gasteiger partial charge in [0.05, 0.1) is 0 Å². The highest BCUT2D eigenvalue weighted by Gasteiger charge is 2.29. The lowest BCUT2D eigenvalue weighted by molar-refractivity contribution is -0.122. The normalized spacial score (nSPS) is 19.3. The van der Waals surface area contributed by atoms with Gasteiger partial charge in [0, 0.05) is 45.0 Å². The largest absolute Gasteiger partial charge is 0.394 e. The maximum atomic E-state index is 13.0. The SMILES string of the molecule is CNC=C=C(C)/C(C)=C(/C)C=C1C/C(=C(C)/C(C)=C(\C)C(C)=CC=CNC)C(=O)N1C. The molecule has 0 aromatic heterocycles. The van der Waals surface area contributed by atoms with Crippen molar-refractivity contribution in [2.45, 2.75) is 54.9 Å². The number of rotatable bonds is 7. The highest BCUT2D eigenvalue weighted by molar-refractivity contribution is 5.99. The van der Waals surface area contributed by atoms with Crippen LogP contribution in [0.3, 0.4) is 0 Å². The van der Waals surface area contributed by atoms with E-state index in [0.717, 1.165) is 39.1 Å². The van der Waals surface area contributed by atoms with Gasteiger partial charge in [0.1, 0.15) is 0 Å². The van der Waals surface area contributed by atoms with Crippen LogP contribution >= 0.6 is 0 Å². The first kappa shape index (κ1) is 26.1. The number of carbonyl (C=O) groups is 1. The van der Waals surface area contributed by atoms with Gasteiger partial charge in [-0.1, -0.05) is 11.8 Å². The summed E-state index contributed by atoms with van der Waals surface area (Å²) < 4.78 is 0. The lowest BCUT2D eigenvalue weighted by Gasteiger charge is -2.12. The second kappa shape index (κ2) is 12.0. The minimum atomic E-state index is 0.0837. The van der Waals surface area contributed by atoms with Crippen LogP contribution in [-0.4, -0.2) is 32.0 Å². The molecule has 0 aromatic rings. The van der Waals surface area contributed by atoms with E-state index in [1.165, 1.54) is 11.1 Å². The molecule has 168 valence electrons. The van der Waals surface area contributed by atoms with Gasteiger partial charge < -0.3 is 15.5 Å². The molecule has 31 heavy (non-hydrogen) atoms. The molecule has 1 fully saturated rings. The molecule has 0 atom stereocenters. The van der Waals surface area contributed by atoms with Crippen LogP contribution in [0.5, 0.6) is 0 Å². The first-order valence-electron chi connectivity index (χ1n) is 10.7. The van der Waals surface area contributed by atoms with Crippen molar-refractivity contribution < 1.29 is 4.79 Å². The summed E-state index contributed by atoms with van der Waals surface area (Å²) in [5.41, 5.74) is 13.1. The van der Waals surface area contributed by atoms with Gasteiger partial charge in [0.2, 0.25) is 0 Å². The molecule has 1 heterocycles. The number of carbonyl (C=O) groups excluding carboxylic acids is 1. The Kier molecular flexibility index (Phi) is 10.1. The van der Waals surface area contributed by atoms with Crippen LogP contribution in [0.4, 0.5) is 0 Å². The van der Waals surface area contributed by atoms with Crippen molar-refractivity contribution in [2.24, 2.45) is 0 Å². The molecule has 0 radical (unpaired) electrons. The van der Waals surface area contributed by atoms with Crippen molar-refractivity contribution in [1.29, 1.82) is 0 Å². The van der Waals surface area contributed by atoms with Crippen molar-refractivity contribution in [3.8, 4) is 0 Å². The average Bonchev–Trinajstić information content (AvgIpc) is 3.03. The molecule has 1 aliphatic rings. The van der Waals surface area contributed by atoms with E-state index in [2.05, 4.69) is 70.1 Å². The smallest absolute Gasteiger partial charge is 0.254 e. The maximum absolute atomic E-state index is 13.0. The Labute approximate surface area is 189 Å². The maximum Gasteiger partial charge on any atom is 0.254 e. The first-order valence-corrected chi connectivity index (χ1v) is 10.7. The van der Waals surface area contributed by atoms with Crippen molar-refractivity contribution in [3.63, 3.8) is 0 Å². The minimum Gasteiger partial charge on any atom is -0.394 e. The number of amides is 1. The van der Waals surface area contributed by atoms with Crippen LogP contribution < -0.4 is 10.6 Å². The molecule has 1 amide bonds.